The molecular weight excluding hydrogens is 101 g/mol. The van der Waals surface area contributed by atoms with Crippen LogP contribution in [-0.4, -0.2) is 17.9 Å². The molecule has 0 heterocycles. The highest BCUT2D eigenvalue weighted by Gasteiger charge is 1.86. The summed E-state index contributed by atoms with van der Waals surface area (Å²) >= 11 is 4.95. The molecule has 0 aliphatic carbocycles. The summed E-state index contributed by atoms with van der Waals surface area (Å²) in [6, 6.07) is 0. The fraction of sp³-hybridized carbons (Fsp3) is 0.333. The van der Waals surface area contributed by atoms with Crippen molar-refractivity contribution >= 4 is 23.6 Å². The Hall–Kier alpha value is -0.370. The third-order valence-corrected chi connectivity index (χ3v) is 0.556. The fourth-order valence-corrected chi connectivity index (χ4v) is 0.116. The third-order valence-electron chi connectivity index (χ3n) is 0.293. The lowest BCUT2D eigenvalue weighted by atomic mass is 10.5. The Morgan fingerprint density at radius 3 is 2.50 bits per heavy atom. The molecule has 0 amide bonds. The molecule has 0 saturated heterocycles. The molecule has 0 rings (SSSR count). The molecule has 0 aliphatic rings. The quantitative estimate of drug-likeness (QED) is 0.402. The zero-order valence-corrected chi connectivity index (χ0v) is 3.83. The predicted molar refractivity (Wildman–Crippen MR) is 24.5 cm³/mol. The summed E-state index contributed by atoms with van der Waals surface area (Å²) in [5, 5.41) is 6.25. The molecular formula is C3H4ClNO. The molecule has 6 heavy (non-hydrogen) atoms. The fourth-order valence-electron chi connectivity index (χ4n) is 0.0386. The van der Waals surface area contributed by atoms with Crippen LogP contribution in [0.5, 0.6) is 0 Å². The predicted octanol–water partition coefficient (Wildman–Crippen LogP) is 0.444. The summed E-state index contributed by atoms with van der Waals surface area (Å²) < 4.78 is 0. The third kappa shape index (κ3) is 1.91. The van der Waals surface area contributed by atoms with Gasteiger partial charge in [0.15, 0.2) is 5.78 Å². The summed E-state index contributed by atoms with van der Waals surface area (Å²) in [4.78, 5) is 9.81. The number of nitrogens with one attached hydrogen (secondary N) is 1. The van der Waals surface area contributed by atoms with Gasteiger partial charge in [-0.25, -0.2) is 0 Å². The highest BCUT2D eigenvalue weighted by Crippen LogP contribution is 1.70. The topological polar surface area (TPSA) is 40.9 Å². The molecule has 1 N–H and O–H groups in total. The molecule has 0 saturated carbocycles. The van der Waals surface area contributed by atoms with Gasteiger partial charge in [0, 0.05) is 0 Å². The van der Waals surface area contributed by atoms with Gasteiger partial charge in [-0.15, -0.1) is 11.6 Å². The second kappa shape index (κ2) is 2.85. The van der Waals surface area contributed by atoms with E-state index in [0.29, 0.717) is 6.21 Å². The number of ketones is 1. The summed E-state index contributed by atoms with van der Waals surface area (Å²) in [6.45, 7) is 0. The Labute approximate surface area is 40.6 Å². The Morgan fingerprint density at radius 1 is 2.00 bits per heavy atom. The molecule has 0 bridgehead atoms. The molecule has 0 radical (unpaired) electrons. The number of hydrogen-bond donors (Lipinski definition) is 1. The highest BCUT2D eigenvalue weighted by atomic mass is 35.5. The smallest absolute Gasteiger partial charge is 0.187 e. The van der Waals surface area contributed by atoms with Gasteiger partial charge in [-0.2, -0.15) is 0 Å². The zero-order valence-electron chi connectivity index (χ0n) is 3.07. The molecule has 2 nitrogen and oxygen atoms in total. The van der Waals surface area contributed by atoms with E-state index in [-0.39, 0.29) is 11.7 Å². The van der Waals surface area contributed by atoms with Crippen LogP contribution in [0.2, 0.25) is 0 Å². The van der Waals surface area contributed by atoms with E-state index in [9.17, 15) is 4.79 Å². The van der Waals surface area contributed by atoms with Crippen molar-refractivity contribution in [2.24, 2.45) is 0 Å². The van der Waals surface area contributed by atoms with Crippen LogP contribution < -0.4 is 0 Å². The molecule has 0 atom stereocenters. The number of hydrogen-bond acceptors (Lipinski definition) is 2. The van der Waals surface area contributed by atoms with E-state index >= 15 is 0 Å². The van der Waals surface area contributed by atoms with E-state index < -0.39 is 0 Å². The van der Waals surface area contributed by atoms with Crippen molar-refractivity contribution < 1.29 is 4.79 Å². The molecule has 0 aromatic carbocycles. The van der Waals surface area contributed by atoms with Crippen LogP contribution in [0.1, 0.15) is 0 Å². The minimum absolute atomic E-state index is 0.0799. The maximum atomic E-state index is 9.81. The molecule has 0 fully saturated rings. The number of carbonyl (C=O) groups excluding carboxylic acids is 1. The van der Waals surface area contributed by atoms with Gasteiger partial charge in [-0.1, -0.05) is 0 Å². The second-order valence-electron chi connectivity index (χ2n) is 0.744. The van der Waals surface area contributed by atoms with Crippen LogP contribution in [0, 0.1) is 5.41 Å². The van der Waals surface area contributed by atoms with Gasteiger partial charge in [0.1, 0.15) is 0 Å². The van der Waals surface area contributed by atoms with Crippen LogP contribution in [0.3, 0.4) is 0 Å². The molecule has 0 unspecified atom stereocenters. The van der Waals surface area contributed by atoms with E-state index in [1.807, 2.05) is 0 Å². The maximum absolute atomic E-state index is 9.81. The maximum Gasteiger partial charge on any atom is 0.187 e. The lowest BCUT2D eigenvalue weighted by molar-refractivity contribution is -0.110. The largest absolute Gasteiger partial charge is 0.305 e. The van der Waals surface area contributed by atoms with Crippen LogP contribution in [0.4, 0.5) is 0 Å². The van der Waals surface area contributed by atoms with Gasteiger partial charge in [-0.3, -0.25) is 4.79 Å². The Bertz CT molecular complexity index is 71.2. The van der Waals surface area contributed by atoms with Gasteiger partial charge >= 0.3 is 0 Å². The van der Waals surface area contributed by atoms with Crippen LogP contribution in [-0.2, 0) is 4.79 Å². The van der Waals surface area contributed by atoms with Crippen molar-refractivity contribution in [3.8, 4) is 0 Å². The molecule has 0 aliphatic heterocycles. The van der Waals surface area contributed by atoms with Gasteiger partial charge in [0.25, 0.3) is 0 Å². The number of halogens is 1. The molecule has 0 aromatic rings. The SMILES string of the molecule is N=CC(=O)CCl. The first-order valence-electron chi connectivity index (χ1n) is 1.40. The Kier molecular flexibility index (Phi) is 2.67. The normalized spacial score (nSPS) is 7.50. The molecule has 3 heteroatoms. The average Bonchev–Trinajstić information content (AvgIpc) is 1.65. The summed E-state index contributed by atoms with van der Waals surface area (Å²) in [6.07, 6.45) is 0.701. The van der Waals surface area contributed by atoms with Crippen LogP contribution >= 0.6 is 11.6 Å². The number of Topliss-reactive ketones (excluding diaryl/α,β-unsaturated/α-hetero) is 1. The van der Waals surface area contributed by atoms with Crippen molar-refractivity contribution in [2.45, 2.75) is 0 Å². The Balaban J connectivity index is 3.23. The van der Waals surface area contributed by atoms with Gasteiger partial charge in [0.2, 0.25) is 0 Å². The van der Waals surface area contributed by atoms with Crippen molar-refractivity contribution in [3.63, 3.8) is 0 Å². The van der Waals surface area contributed by atoms with E-state index in [1.54, 1.807) is 0 Å². The minimum Gasteiger partial charge on any atom is -0.305 e. The average molecular weight is 106 g/mol. The van der Waals surface area contributed by atoms with Crippen LogP contribution in [0.15, 0.2) is 0 Å². The zero-order chi connectivity index (χ0) is 4.99. The van der Waals surface area contributed by atoms with Gasteiger partial charge < -0.3 is 5.41 Å². The van der Waals surface area contributed by atoms with Gasteiger partial charge in [0.05, 0.1) is 12.1 Å². The van der Waals surface area contributed by atoms with E-state index in [2.05, 4.69) is 0 Å². The number of rotatable bonds is 2. The van der Waals surface area contributed by atoms with E-state index in [1.165, 1.54) is 0 Å². The second-order valence-corrected chi connectivity index (χ2v) is 1.01. The van der Waals surface area contributed by atoms with E-state index in [4.69, 9.17) is 17.0 Å². The lowest BCUT2D eigenvalue weighted by Crippen LogP contribution is -1.97. The standard InChI is InChI=1S/C3H4ClNO/c4-1-3(6)2-5/h2,5H,1H2. The monoisotopic (exact) mass is 105 g/mol. The van der Waals surface area contributed by atoms with Crippen molar-refractivity contribution in [1.29, 1.82) is 5.41 Å². The Morgan fingerprint density at radius 2 is 2.50 bits per heavy atom. The molecule has 0 aromatic heterocycles. The van der Waals surface area contributed by atoms with E-state index in [0.717, 1.165) is 0 Å². The summed E-state index contributed by atoms with van der Waals surface area (Å²) in [5.74, 6) is -0.430. The first-order chi connectivity index (χ1) is 2.81. The van der Waals surface area contributed by atoms with Crippen LogP contribution in [0.25, 0.3) is 0 Å². The van der Waals surface area contributed by atoms with Crippen molar-refractivity contribution in [2.75, 3.05) is 5.88 Å². The number of alkyl halides is 1. The first-order valence-corrected chi connectivity index (χ1v) is 1.94. The first kappa shape index (κ1) is 5.63. The molecule has 0 spiro atoms. The van der Waals surface area contributed by atoms with Crippen molar-refractivity contribution in [1.82, 2.24) is 0 Å². The lowest BCUT2D eigenvalue weighted by Gasteiger charge is -1.71. The van der Waals surface area contributed by atoms with Crippen molar-refractivity contribution in [3.05, 3.63) is 0 Å². The summed E-state index contributed by atoms with van der Waals surface area (Å²) in [5.41, 5.74) is 0. The minimum atomic E-state index is -0.350. The summed E-state index contributed by atoms with van der Waals surface area (Å²) in [7, 11) is 0. The molecule has 34 valence electrons. The van der Waals surface area contributed by atoms with Gasteiger partial charge in [-0.05, 0) is 0 Å². The number of carbonyl (C=O) groups is 1. The highest BCUT2D eigenvalue weighted by molar-refractivity contribution is 6.41.